The molecule has 2 aromatic carbocycles. The number of hydrogen-bond acceptors (Lipinski definition) is 6. The molecule has 0 saturated heterocycles. The van der Waals surface area contributed by atoms with Crippen molar-refractivity contribution in [1.29, 1.82) is 0 Å². The Bertz CT molecular complexity index is 1140. The number of aryl methyl sites for hydroxylation is 1. The number of ether oxygens (including phenoxy) is 2. The molecule has 0 atom stereocenters. The number of fused-ring (bicyclic) bond motifs is 1. The summed E-state index contributed by atoms with van der Waals surface area (Å²) >= 11 is 0. The largest absolute Gasteiger partial charge is 0.463 e. The van der Waals surface area contributed by atoms with Crippen LogP contribution in [0.4, 0.5) is 0 Å². The number of esters is 2. The molecule has 0 radical (unpaired) electrons. The molecule has 6 nitrogen and oxygen atoms in total. The number of hydrogen-bond donors (Lipinski definition) is 0. The third kappa shape index (κ3) is 6.91. The smallest absolute Gasteiger partial charge is 0.330 e. The molecule has 0 saturated carbocycles. The van der Waals surface area contributed by atoms with Crippen LogP contribution in [0.2, 0.25) is 0 Å². The number of nitrogens with zero attached hydrogens (tertiary/aromatic N) is 1. The highest BCUT2D eigenvalue weighted by Crippen LogP contribution is 2.32. The Balaban J connectivity index is 1.97. The summed E-state index contributed by atoms with van der Waals surface area (Å²) in [6.45, 7) is 6.85. The third-order valence-corrected chi connectivity index (χ3v) is 5.17. The van der Waals surface area contributed by atoms with E-state index in [1.54, 1.807) is 12.2 Å². The van der Waals surface area contributed by atoms with Gasteiger partial charge in [-0.05, 0) is 60.7 Å². The van der Waals surface area contributed by atoms with Gasteiger partial charge in [-0.25, -0.2) is 14.6 Å². The summed E-state index contributed by atoms with van der Waals surface area (Å²) in [6, 6.07) is 11.4. The zero-order chi connectivity index (χ0) is 24.3. The molecule has 3 rings (SSSR count). The number of benzene rings is 2. The lowest BCUT2D eigenvalue weighted by molar-refractivity contribution is -0.138. The molecule has 0 aliphatic rings. The second-order valence-corrected chi connectivity index (χ2v) is 8.01. The van der Waals surface area contributed by atoms with E-state index in [1.807, 2.05) is 57.2 Å². The van der Waals surface area contributed by atoms with E-state index >= 15 is 0 Å². The van der Waals surface area contributed by atoms with Crippen LogP contribution in [0.1, 0.15) is 56.2 Å². The fourth-order valence-corrected chi connectivity index (χ4v) is 3.30. The van der Waals surface area contributed by atoms with E-state index in [2.05, 4.69) is 4.98 Å². The minimum atomic E-state index is -0.409. The molecule has 0 aliphatic heterocycles. The average Bonchev–Trinajstić information content (AvgIpc) is 3.24. The molecule has 0 N–H and O–H groups in total. The van der Waals surface area contributed by atoms with Crippen molar-refractivity contribution in [3.05, 3.63) is 65.2 Å². The predicted octanol–water partition coefficient (Wildman–Crippen LogP) is 6.52. The molecule has 1 heterocycles. The van der Waals surface area contributed by atoms with Crippen molar-refractivity contribution in [3.8, 4) is 11.5 Å². The second-order valence-electron chi connectivity index (χ2n) is 8.01. The average molecular weight is 462 g/mol. The van der Waals surface area contributed by atoms with E-state index in [0.29, 0.717) is 30.3 Å². The first-order valence-electron chi connectivity index (χ1n) is 11.7. The monoisotopic (exact) mass is 461 g/mol. The number of carbonyl (C=O) groups excluding carboxylic acids is 2. The fourth-order valence-electron chi connectivity index (χ4n) is 3.30. The standard InChI is InChI=1S/C28H31NO5/c1-4-6-17-32-25(30)15-12-21-9-8-10-22(13-16-26(31)33-18-7-5-2)27(21)28-29-23-19-20(3)11-14-24(23)34-28/h8-16,19H,4-7,17-18H2,1-3H3/b15-12+,16-13+. The van der Waals surface area contributed by atoms with Crippen molar-refractivity contribution in [2.75, 3.05) is 13.2 Å². The minimum absolute atomic E-state index is 0.389. The van der Waals surface area contributed by atoms with Crippen LogP contribution in [0.5, 0.6) is 0 Å². The second kappa shape index (κ2) is 12.5. The molecule has 0 fully saturated rings. The first kappa shape index (κ1) is 25.0. The van der Waals surface area contributed by atoms with Crippen molar-refractivity contribution < 1.29 is 23.5 Å². The van der Waals surface area contributed by atoms with E-state index in [0.717, 1.165) is 47.9 Å². The first-order chi connectivity index (χ1) is 16.5. The Kier molecular flexibility index (Phi) is 9.21. The SMILES string of the molecule is CCCCOC(=O)/C=C/c1cccc(/C=C/C(=O)OCCCC)c1-c1nc2cc(C)ccc2o1. The lowest BCUT2D eigenvalue weighted by atomic mass is 9.99. The Morgan fingerprint density at radius 2 is 1.50 bits per heavy atom. The number of oxazole rings is 1. The van der Waals surface area contributed by atoms with Crippen LogP contribution < -0.4 is 0 Å². The summed E-state index contributed by atoms with van der Waals surface area (Å²) in [5.41, 5.74) is 4.58. The summed E-state index contributed by atoms with van der Waals surface area (Å²) in [7, 11) is 0. The van der Waals surface area contributed by atoms with Crippen molar-refractivity contribution >= 4 is 35.2 Å². The maximum atomic E-state index is 12.1. The minimum Gasteiger partial charge on any atom is -0.463 e. The maximum Gasteiger partial charge on any atom is 0.330 e. The number of rotatable bonds is 11. The van der Waals surface area contributed by atoms with Crippen molar-refractivity contribution in [2.45, 2.75) is 46.5 Å². The summed E-state index contributed by atoms with van der Waals surface area (Å²) < 4.78 is 16.5. The van der Waals surface area contributed by atoms with Crippen LogP contribution in [-0.2, 0) is 19.1 Å². The van der Waals surface area contributed by atoms with Crippen LogP contribution >= 0.6 is 0 Å². The van der Waals surface area contributed by atoms with Gasteiger partial charge < -0.3 is 13.9 Å². The molecule has 0 unspecified atom stereocenters. The van der Waals surface area contributed by atoms with E-state index < -0.39 is 11.9 Å². The van der Waals surface area contributed by atoms with Gasteiger partial charge in [0, 0.05) is 12.2 Å². The van der Waals surface area contributed by atoms with Gasteiger partial charge in [-0.3, -0.25) is 0 Å². The zero-order valence-electron chi connectivity index (χ0n) is 20.0. The Morgan fingerprint density at radius 3 is 2.06 bits per heavy atom. The molecule has 178 valence electrons. The van der Waals surface area contributed by atoms with Gasteiger partial charge in [0.1, 0.15) is 5.52 Å². The molecule has 0 amide bonds. The summed E-state index contributed by atoms with van der Waals surface area (Å²) in [5, 5.41) is 0. The van der Waals surface area contributed by atoms with E-state index in [9.17, 15) is 9.59 Å². The Hall–Kier alpha value is -3.67. The van der Waals surface area contributed by atoms with Crippen molar-refractivity contribution in [2.24, 2.45) is 0 Å². The van der Waals surface area contributed by atoms with Gasteiger partial charge in [-0.15, -0.1) is 0 Å². The van der Waals surface area contributed by atoms with E-state index in [-0.39, 0.29) is 0 Å². The zero-order valence-corrected chi connectivity index (χ0v) is 20.0. The normalized spacial score (nSPS) is 11.5. The van der Waals surface area contributed by atoms with Gasteiger partial charge in [-0.1, -0.05) is 51.0 Å². The van der Waals surface area contributed by atoms with Gasteiger partial charge in [0.2, 0.25) is 5.89 Å². The van der Waals surface area contributed by atoms with Crippen LogP contribution in [0.15, 0.2) is 53.0 Å². The summed E-state index contributed by atoms with van der Waals surface area (Å²) in [6.07, 6.45) is 9.70. The number of aromatic nitrogens is 1. The van der Waals surface area contributed by atoms with Crippen LogP contribution in [0.3, 0.4) is 0 Å². The van der Waals surface area contributed by atoms with Crippen LogP contribution in [-0.4, -0.2) is 30.1 Å². The highest BCUT2D eigenvalue weighted by atomic mass is 16.5. The summed E-state index contributed by atoms with van der Waals surface area (Å²) in [5.74, 6) is -0.416. The Labute approximate surface area is 200 Å². The highest BCUT2D eigenvalue weighted by Gasteiger charge is 2.15. The lowest BCUT2D eigenvalue weighted by Crippen LogP contribution is -2.02. The van der Waals surface area contributed by atoms with Gasteiger partial charge in [0.25, 0.3) is 0 Å². The summed E-state index contributed by atoms with van der Waals surface area (Å²) in [4.78, 5) is 28.9. The van der Waals surface area contributed by atoms with Gasteiger partial charge in [-0.2, -0.15) is 0 Å². The molecule has 6 heteroatoms. The molecular weight excluding hydrogens is 430 g/mol. The van der Waals surface area contributed by atoms with Crippen molar-refractivity contribution in [3.63, 3.8) is 0 Å². The topological polar surface area (TPSA) is 78.6 Å². The van der Waals surface area contributed by atoms with Crippen molar-refractivity contribution in [1.82, 2.24) is 4.98 Å². The van der Waals surface area contributed by atoms with Gasteiger partial charge in [0.05, 0.1) is 18.8 Å². The molecule has 0 aliphatic carbocycles. The maximum absolute atomic E-state index is 12.1. The van der Waals surface area contributed by atoms with Gasteiger partial charge >= 0.3 is 11.9 Å². The fraction of sp³-hybridized carbons (Fsp3) is 0.321. The first-order valence-corrected chi connectivity index (χ1v) is 11.7. The van der Waals surface area contributed by atoms with E-state index in [4.69, 9.17) is 13.9 Å². The molecule has 0 bridgehead atoms. The number of carbonyl (C=O) groups is 2. The van der Waals surface area contributed by atoms with E-state index in [1.165, 1.54) is 12.2 Å². The predicted molar refractivity (Wildman–Crippen MR) is 134 cm³/mol. The van der Waals surface area contributed by atoms with Crippen LogP contribution in [0, 0.1) is 6.92 Å². The molecule has 3 aromatic rings. The highest BCUT2D eigenvalue weighted by molar-refractivity contribution is 5.93. The van der Waals surface area contributed by atoms with Gasteiger partial charge in [0.15, 0.2) is 5.58 Å². The van der Waals surface area contributed by atoms with Crippen LogP contribution in [0.25, 0.3) is 34.7 Å². The number of unbranched alkanes of at least 4 members (excludes halogenated alkanes) is 2. The molecule has 1 aromatic heterocycles. The molecular formula is C28H31NO5. The molecule has 0 spiro atoms. The third-order valence-electron chi connectivity index (χ3n) is 5.17. The molecule has 34 heavy (non-hydrogen) atoms. The Morgan fingerprint density at radius 1 is 0.912 bits per heavy atom. The quantitative estimate of drug-likeness (QED) is 0.184. The lowest BCUT2D eigenvalue weighted by Gasteiger charge is -2.07.